The summed E-state index contributed by atoms with van der Waals surface area (Å²) in [4.78, 5) is 0. The van der Waals surface area contributed by atoms with Gasteiger partial charge in [-0.15, -0.1) is 6.58 Å². The van der Waals surface area contributed by atoms with Crippen molar-refractivity contribution in [3.05, 3.63) is 12.7 Å². The zero-order valence-corrected chi connectivity index (χ0v) is 9.71. The van der Waals surface area contributed by atoms with Gasteiger partial charge in [0.15, 0.2) is 0 Å². The Balaban J connectivity index is 2.51. The van der Waals surface area contributed by atoms with E-state index in [4.69, 9.17) is 9.88 Å². The van der Waals surface area contributed by atoms with E-state index >= 15 is 0 Å². The van der Waals surface area contributed by atoms with Crippen molar-refractivity contribution >= 4 is 10.0 Å². The Morgan fingerprint density at radius 3 is 2.80 bits per heavy atom. The van der Waals surface area contributed by atoms with Gasteiger partial charge in [0, 0.05) is 6.61 Å². The van der Waals surface area contributed by atoms with E-state index in [0.717, 1.165) is 19.4 Å². The Hall–Kier alpha value is -0.390. The number of nitrogens with two attached hydrogens (primary N) is 1. The predicted molar refractivity (Wildman–Crippen MR) is 59.9 cm³/mol. The fourth-order valence-corrected chi connectivity index (χ4v) is 2.79. The Morgan fingerprint density at radius 2 is 2.33 bits per heavy atom. The van der Waals surface area contributed by atoms with Gasteiger partial charge in [0.2, 0.25) is 10.0 Å². The predicted octanol–water partition coefficient (Wildman–Crippen LogP) is 1.18. The second-order valence-electron chi connectivity index (χ2n) is 3.95. The lowest BCUT2D eigenvalue weighted by molar-refractivity contribution is 0.103. The van der Waals surface area contributed by atoms with Crippen LogP contribution in [0.25, 0.3) is 0 Å². The van der Waals surface area contributed by atoms with Crippen LogP contribution in [-0.2, 0) is 14.8 Å². The van der Waals surface area contributed by atoms with E-state index in [2.05, 4.69) is 6.58 Å². The Morgan fingerprint density at radius 1 is 1.60 bits per heavy atom. The van der Waals surface area contributed by atoms with Crippen LogP contribution in [0.1, 0.15) is 32.1 Å². The zero-order valence-electron chi connectivity index (χ0n) is 8.89. The van der Waals surface area contributed by atoms with E-state index < -0.39 is 15.3 Å². The molecule has 0 bridgehead atoms. The van der Waals surface area contributed by atoms with E-state index in [1.807, 2.05) is 0 Å². The molecule has 0 aromatic carbocycles. The number of hydrogen-bond donors (Lipinski definition) is 1. The Kier molecular flexibility index (Phi) is 4.76. The molecule has 0 radical (unpaired) electrons. The summed E-state index contributed by atoms with van der Waals surface area (Å²) in [5.74, 6) is 0. The van der Waals surface area contributed by atoms with Gasteiger partial charge in [-0.05, 0) is 32.1 Å². The van der Waals surface area contributed by atoms with Gasteiger partial charge in [0.25, 0.3) is 0 Å². The first-order valence-electron chi connectivity index (χ1n) is 5.28. The van der Waals surface area contributed by atoms with Crippen molar-refractivity contribution in [2.75, 3.05) is 6.61 Å². The van der Waals surface area contributed by atoms with Gasteiger partial charge in [0.05, 0.1) is 11.4 Å². The molecule has 1 unspecified atom stereocenters. The smallest absolute Gasteiger partial charge is 0.212 e. The van der Waals surface area contributed by atoms with Crippen molar-refractivity contribution in [3.8, 4) is 0 Å². The zero-order chi connectivity index (χ0) is 11.3. The molecule has 0 aromatic heterocycles. The van der Waals surface area contributed by atoms with Crippen LogP contribution < -0.4 is 5.14 Å². The molecule has 5 heteroatoms. The van der Waals surface area contributed by atoms with Gasteiger partial charge in [-0.1, -0.05) is 6.08 Å². The summed E-state index contributed by atoms with van der Waals surface area (Å²) >= 11 is 0. The lowest BCUT2D eigenvalue weighted by Crippen LogP contribution is -2.31. The summed E-state index contributed by atoms with van der Waals surface area (Å²) in [6.07, 6.45) is 5.48. The van der Waals surface area contributed by atoms with Crippen LogP contribution in [0.4, 0.5) is 0 Å². The second-order valence-corrected chi connectivity index (χ2v) is 5.79. The topological polar surface area (TPSA) is 69.4 Å². The minimum Gasteiger partial charge on any atom is -0.378 e. The van der Waals surface area contributed by atoms with Crippen LogP contribution in [0.15, 0.2) is 12.7 Å². The molecule has 0 aromatic rings. The summed E-state index contributed by atoms with van der Waals surface area (Å²) in [5, 5.41) is 4.69. The quantitative estimate of drug-likeness (QED) is 0.700. The van der Waals surface area contributed by atoms with Crippen molar-refractivity contribution in [2.24, 2.45) is 5.14 Å². The maximum atomic E-state index is 11.3. The van der Waals surface area contributed by atoms with E-state index in [0.29, 0.717) is 19.3 Å². The van der Waals surface area contributed by atoms with Crippen molar-refractivity contribution < 1.29 is 13.2 Å². The number of primary sulfonamides is 1. The molecule has 1 fully saturated rings. The molecule has 2 atom stereocenters. The van der Waals surface area contributed by atoms with Crippen LogP contribution >= 0.6 is 0 Å². The van der Waals surface area contributed by atoms with Gasteiger partial charge in [-0.25, -0.2) is 13.6 Å². The summed E-state index contributed by atoms with van der Waals surface area (Å²) in [6.45, 7) is 4.32. The number of allylic oxidation sites excluding steroid dienone is 1. The van der Waals surface area contributed by atoms with E-state index in [9.17, 15) is 8.42 Å². The summed E-state index contributed by atoms with van der Waals surface area (Å²) in [5.41, 5.74) is 0. The lowest BCUT2D eigenvalue weighted by Gasteiger charge is -2.17. The summed E-state index contributed by atoms with van der Waals surface area (Å²) < 4.78 is 28.0. The van der Waals surface area contributed by atoms with Gasteiger partial charge < -0.3 is 4.74 Å². The third kappa shape index (κ3) is 4.32. The fraction of sp³-hybridized carbons (Fsp3) is 0.800. The van der Waals surface area contributed by atoms with Gasteiger partial charge in [0.1, 0.15) is 0 Å². The maximum Gasteiger partial charge on any atom is 0.212 e. The standard InChI is InChI=1S/C10H19NO3S/c1-2-3-6-10(15(11,12)13)8-9-5-4-7-14-9/h2,9-10H,1,3-8H2,(H2,11,12,13)/t9?,10-/m1/s1. The molecule has 88 valence electrons. The largest absolute Gasteiger partial charge is 0.378 e. The highest BCUT2D eigenvalue weighted by atomic mass is 32.2. The SMILES string of the molecule is C=CCC[C@H](CC1CCCO1)S(N)(=O)=O. The average molecular weight is 233 g/mol. The summed E-state index contributed by atoms with van der Waals surface area (Å²) in [6, 6.07) is 0. The monoisotopic (exact) mass is 233 g/mol. The highest BCUT2D eigenvalue weighted by Gasteiger charge is 2.27. The fourth-order valence-electron chi connectivity index (χ4n) is 1.84. The third-order valence-corrected chi connectivity index (χ3v) is 4.06. The molecular weight excluding hydrogens is 214 g/mol. The highest BCUT2D eigenvalue weighted by Crippen LogP contribution is 2.21. The van der Waals surface area contributed by atoms with E-state index in [1.165, 1.54) is 0 Å². The van der Waals surface area contributed by atoms with Crippen molar-refractivity contribution in [3.63, 3.8) is 0 Å². The van der Waals surface area contributed by atoms with Crippen molar-refractivity contribution in [1.29, 1.82) is 0 Å². The minimum absolute atomic E-state index is 0.0677. The molecule has 1 aliphatic heterocycles. The molecule has 1 saturated heterocycles. The molecule has 1 aliphatic rings. The highest BCUT2D eigenvalue weighted by molar-refractivity contribution is 7.89. The molecule has 0 amide bonds. The first kappa shape index (κ1) is 12.7. The maximum absolute atomic E-state index is 11.3. The lowest BCUT2D eigenvalue weighted by atomic mass is 10.1. The Labute approximate surface area is 91.5 Å². The van der Waals surface area contributed by atoms with Crippen molar-refractivity contribution in [1.82, 2.24) is 0 Å². The molecule has 0 saturated carbocycles. The third-order valence-electron chi connectivity index (χ3n) is 2.71. The van der Waals surface area contributed by atoms with E-state index in [-0.39, 0.29) is 6.10 Å². The molecule has 0 spiro atoms. The second kappa shape index (κ2) is 5.63. The molecule has 2 N–H and O–H groups in total. The Bertz CT molecular complexity index is 294. The molecular formula is C10H19NO3S. The molecule has 1 rings (SSSR count). The average Bonchev–Trinajstić information content (AvgIpc) is 2.62. The van der Waals surface area contributed by atoms with Crippen LogP contribution in [0.3, 0.4) is 0 Å². The van der Waals surface area contributed by atoms with Crippen LogP contribution in [0, 0.1) is 0 Å². The molecule has 1 heterocycles. The molecule has 4 nitrogen and oxygen atoms in total. The first-order chi connectivity index (χ1) is 7.04. The van der Waals surface area contributed by atoms with Crippen LogP contribution in [-0.4, -0.2) is 26.4 Å². The van der Waals surface area contributed by atoms with Gasteiger partial charge in [-0.2, -0.15) is 0 Å². The number of rotatable bonds is 6. The van der Waals surface area contributed by atoms with Gasteiger partial charge >= 0.3 is 0 Å². The van der Waals surface area contributed by atoms with Crippen LogP contribution in [0.2, 0.25) is 0 Å². The van der Waals surface area contributed by atoms with Crippen LogP contribution in [0.5, 0.6) is 0 Å². The van der Waals surface area contributed by atoms with Crippen molar-refractivity contribution in [2.45, 2.75) is 43.5 Å². The number of ether oxygens (including phenoxy) is 1. The summed E-state index contributed by atoms with van der Waals surface area (Å²) in [7, 11) is -3.45. The number of hydrogen-bond acceptors (Lipinski definition) is 3. The minimum atomic E-state index is -3.45. The van der Waals surface area contributed by atoms with Gasteiger partial charge in [-0.3, -0.25) is 0 Å². The first-order valence-corrected chi connectivity index (χ1v) is 6.89. The van der Waals surface area contributed by atoms with E-state index in [1.54, 1.807) is 6.08 Å². The molecule has 0 aliphatic carbocycles. The normalized spacial score (nSPS) is 23.9. The number of sulfonamides is 1. The molecule has 15 heavy (non-hydrogen) atoms.